The Labute approximate surface area is 131 Å². The van der Waals surface area contributed by atoms with Gasteiger partial charge in [0.25, 0.3) is 0 Å². The largest absolute Gasteiger partial charge is 0.466 e. The Hall–Kier alpha value is -1.13. The second-order valence-corrected chi connectivity index (χ2v) is 7.79. The second kappa shape index (κ2) is 5.93. The van der Waals surface area contributed by atoms with Gasteiger partial charge in [-0.25, -0.2) is 4.98 Å². The number of thiazole rings is 1. The first kappa shape index (κ1) is 16.2. The molecule has 0 aliphatic heterocycles. The van der Waals surface area contributed by atoms with Crippen LogP contribution in [-0.4, -0.2) is 4.98 Å². The predicted molar refractivity (Wildman–Crippen MR) is 89.0 cm³/mol. The van der Waals surface area contributed by atoms with E-state index in [2.05, 4.69) is 46.0 Å². The molecule has 2 aromatic heterocycles. The molecule has 0 aliphatic rings. The Kier molecular flexibility index (Phi) is 4.59. The van der Waals surface area contributed by atoms with E-state index in [4.69, 9.17) is 9.40 Å². The molecule has 0 spiro atoms. The van der Waals surface area contributed by atoms with Gasteiger partial charge in [-0.15, -0.1) is 11.3 Å². The summed E-state index contributed by atoms with van der Waals surface area (Å²) in [5.74, 6) is 1.98. The number of hydrogen-bond acceptors (Lipinski definition) is 4. The van der Waals surface area contributed by atoms with E-state index in [0.717, 1.165) is 23.8 Å². The first-order valence-electron chi connectivity index (χ1n) is 7.45. The zero-order chi connectivity index (χ0) is 15.8. The molecule has 1 N–H and O–H groups in total. The lowest BCUT2D eigenvalue weighted by Crippen LogP contribution is -2.18. The maximum atomic E-state index is 5.58. The monoisotopic (exact) mass is 306 g/mol. The average Bonchev–Trinajstić information content (AvgIpc) is 2.89. The minimum atomic E-state index is 0.117. The van der Waals surface area contributed by atoms with E-state index in [9.17, 15) is 0 Å². The van der Waals surface area contributed by atoms with Crippen LogP contribution in [0.4, 0.5) is 0 Å². The summed E-state index contributed by atoms with van der Waals surface area (Å²) in [7, 11) is 0. The van der Waals surface area contributed by atoms with Gasteiger partial charge in [-0.05, 0) is 33.8 Å². The van der Waals surface area contributed by atoms with E-state index in [-0.39, 0.29) is 5.41 Å². The highest BCUT2D eigenvalue weighted by atomic mass is 32.1. The normalized spacial score (nSPS) is 13.7. The molecule has 21 heavy (non-hydrogen) atoms. The van der Waals surface area contributed by atoms with Crippen LogP contribution in [0.3, 0.4) is 0 Å². The van der Waals surface area contributed by atoms with E-state index in [1.165, 1.54) is 15.4 Å². The van der Waals surface area contributed by atoms with Crippen molar-refractivity contribution in [1.29, 1.82) is 0 Å². The molecule has 4 heteroatoms. The van der Waals surface area contributed by atoms with Crippen molar-refractivity contribution in [3.63, 3.8) is 0 Å². The number of aryl methyl sites for hydroxylation is 3. The molecule has 3 nitrogen and oxygen atoms in total. The molecule has 0 saturated heterocycles. The van der Waals surface area contributed by atoms with Crippen molar-refractivity contribution in [2.75, 3.05) is 0 Å². The van der Waals surface area contributed by atoms with Crippen molar-refractivity contribution >= 4 is 11.3 Å². The van der Waals surface area contributed by atoms with E-state index in [1.54, 1.807) is 0 Å². The summed E-state index contributed by atoms with van der Waals surface area (Å²) in [5, 5.41) is 4.79. The van der Waals surface area contributed by atoms with E-state index in [0.29, 0.717) is 6.04 Å². The summed E-state index contributed by atoms with van der Waals surface area (Å²) in [5.41, 5.74) is 2.49. The number of rotatable bonds is 4. The highest BCUT2D eigenvalue weighted by Gasteiger charge is 2.22. The van der Waals surface area contributed by atoms with Gasteiger partial charge in [0.1, 0.15) is 11.5 Å². The van der Waals surface area contributed by atoms with Crippen LogP contribution in [0, 0.1) is 20.8 Å². The number of aromatic nitrogens is 1. The number of furan rings is 1. The van der Waals surface area contributed by atoms with Crippen LogP contribution in [0.25, 0.3) is 0 Å². The third-order valence-corrected chi connectivity index (χ3v) is 5.38. The lowest BCUT2D eigenvalue weighted by molar-refractivity contribution is 0.495. The summed E-state index contributed by atoms with van der Waals surface area (Å²) in [6.07, 6.45) is 0. The highest BCUT2D eigenvalue weighted by molar-refractivity contribution is 7.12. The van der Waals surface area contributed by atoms with Gasteiger partial charge in [-0.2, -0.15) is 0 Å². The first-order valence-corrected chi connectivity index (χ1v) is 8.27. The standard InChI is InChI=1S/C17H26N2OS/c1-10-8-14(13(4)20-10)9-18-11(2)15-12(3)19-16(21-15)17(5,6)7/h8,11,18H,9H2,1-7H3/t11-/m0/s1. The third-order valence-electron chi connectivity index (χ3n) is 3.61. The molecule has 0 aliphatic carbocycles. The van der Waals surface area contributed by atoms with Gasteiger partial charge in [0.2, 0.25) is 0 Å². The molecule has 0 unspecified atom stereocenters. The van der Waals surface area contributed by atoms with Gasteiger partial charge in [0, 0.05) is 28.4 Å². The molecular weight excluding hydrogens is 280 g/mol. The zero-order valence-corrected chi connectivity index (χ0v) is 14.9. The average molecular weight is 306 g/mol. The molecule has 2 aromatic rings. The van der Waals surface area contributed by atoms with Gasteiger partial charge < -0.3 is 9.73 Å². The van der Waals surface area contributed by atoms with Crippen molar-refractivity contribution in [2.45, 2.75) is 66.5 Å². The Balaban J connectivity index is 2.08. The van der Waals surface area contributed by atoms with E-state index >= 15 is 0 Å². The summed E-state index contributed by atoms with van der Waals surface area (Å²) in [6, 6.07) is 2.41. The van der Waals surface area contributed by atoms with Crippen molar-refractivity contribution in [3.8, 4) is 0 Å². The smallest absolute Gasteiger partial charge is 0.105 e. The number of nitrogens with zero attached hydrogens (tertiary/aromatic N) is 1. The molecular formula is C17H26N2OS. The lowest BCUT2D eigenvalue weighted by atomic mass is 9.98. The molecule has 0 radical (unpaired) electrons. The maximum absolute atomic E-state index is 5.58. The molecule has 1 atom stereocenters. The summed E-state index contributed by atoms with van der Waals surface area (Å²) < 4.78 is 5.58. The Morgan fingerprint density at radius 1 is 1.29 bits per heavy atom. The van der Waals surface area contributed by atoms with Crippen LogP contribution in [0.5, 0.6) is 0 Å². The van der Waals surface area contributed by atoms with E-state index < -0.39 is 0 Å². The Morgan fingerprint density at radius 3 is 2.43 bits per heavy atom. The fraction of sp³-hybridized carbons (Fsp3) is 0.588. The Bertz CT molecular complexity index is 619. The van der Waals surface area contributed by atoms with Crippen LogP contribution in [-0.2, 0) is 12.0 Å². The van der Waals surface area contributed by atoms with Crippen LogP contribution in [0.2, 0.25) is 0 Å². The van der Waals surface area contributed by atoms with Crippen molar-refractivity contribution < 1.29 is 4.42 Å². The minimum absolute atomic E-state index is 0.117. The molecule has 0 amide bonds. The summed E-state index contributed by atoms with van der Waals surface area (Å²) in [4.78, 5) is 6.07. The lowest BCUT2D eigenvalue weighted by Gasteiger charge is -2.14. The highest BCUT2D eigenvalue weighted by Crippen LogP contribution is 2.32. The zero-order valence-electron chi connectivity index (χ0n) is 14.1. The predicted octanol–water partition coefficient (Wildman–Crippen LogP) is 4.81. The number of hydrogen-bond donors (Lipinski definition) is 1. The van der Waals surface area contributed by atoms with Gasteiger partial charge in [0.05, 0.1) is 10.7 Å². The molecule has 116 valence electrons. The van der Waals surface area contributed by atoms with Gasteiger partial charge in [-0.1, -0.05) is 20.8 Å². The SMILES string of the molecule is Cc1cc(CN[C@@H](C)c2sc(C(C)(C)C)nc2C)c(C)o1. The first-order chi connectivity index (χ1) is 9.68. The summed E-state index contributed by atoms with van der Waals surface area (Å²) >= 11 is 1.82. The van der Waals surface area contributed by atoms with Gasteiger partial charge >= 0.3 is 0 Å². The molecule has 2 rings (SSSR count). The van der Waals surface area contributed by atoms with E-state index in [1.807, 2.05) is 25.2 Å². The molecule has 0 bridgehead atoms. The van der Waals surface area contributed by atoms with Crippen LogP contribution >= 0.6 is 11.3 Å². The van der Waals surface area contributed by atoms with Crippen LogP contribution < -0.4 is 5.32 Å². The van der Waals surface area contributed by atoms with Crippen LogP contribution in [0.15, 0.2) is 10.5 Å². The molecule has 0 aromatic carbocycles. The minimum Gasteiger partial charge on any atom is -0.466 e. The quantitative estimate of drug-likeness (QED) is 0.881. The fourth-order valence-electron chi connectivity index (χ4n) is 2.35. The molecule has 0 saturated carbocycles. The third kappa shape index (κ3) is 3.74. The fourth-order valence-corrected chi connectivity index (χ4v) is 3.50. The van der Waals surface area contributed by atoms with Gasteiger partial charge in [0.15, 0.2) is 0 Å². The topological polar surface area (TPSA) is 38.1 Å². The Morgan fingerprint density at radius 2 is 1.95 bits per heavy atom. The molecule has 0 fully saturated rings. The second-order valence-electron chi connectivity index (χ2n) is 6.76. The van der Waals surface area contributed by atoms with Crippen molar-refractivity contribution in [2.24, 2.45) is 0 Å². The summed E-state index contributed by atoms with van der Waals surface area (Å²) in [6.45, 7) is 15.8. The van der Waals surface area contributed by atoms with Crippen molar-refractivity contribution in [1.82, 2.24) is 10.3 Å². The molecule has 2 heterocycles. The van der Waals surface area contributed by atoms with Crippen LogP contribution in [0.1, 0.15) is 66.4 Å². The number of nitrogens with one attached hydrogen (secondary N) is 1. The maximum Gasteiger partial charge on any atom is 0.105 e. The van der Waals surface area contributed by atoms with Crippen molar-refractivity contribution in [3.05, 3.63) is 38.7 Å². The van der Waals surface area contributed by atoms with Gasteiger partial charge in [-0.3, -0.25) is 0 Å².